The minimum atomic E-state index is 0.105. The first kappa shape index (κ1) is 7.16. The zero-order valence-electron chi connectivity index (χ0n) is 6.54. The number of fused-ring (bicyclic) bond motifs is 1. The van der Waals surface area contributed by atoms with Gasteiger partial charge in [-0.1, -0.05) is 0 Å². The third-order valence-corrected chi connectivity index (χ3v) is 1.86. The molecule has 0 aromatic heterocycles. The molecule has 12 heavy (non-hydrogen) atoms. The van der Waals surface area contributed by atoms with E-state index in [9.17, 15) is 4.79 Å². The van der Waals surface area contributed by atoms with E-state index < -0.39 is 0 Å². The number of nitrogen functional groups attached to an aromatic ring is 1. The molecule has 3 heteroatoms. The van der Waals surface area contributed by atoms with Crippen molar-refractivity contribution < 1.29 is 9.53 Å². The Bertz CT molecular complexity index is 333. The van der Waals surface area contributed by atoms with Crippen molar-refractivity contribution in [2.45, 2.75) is 6.42 Å². The largest absolute Gasteiger partial charge is 0.486 e. The van der Waals surface area contributed by atoms with Gasteiger partial charge in [-0.15, -0.1) is 0 Å². The third kappa shape index (κ3) is 1.13. The summed E-state index contributed by atoms with van der Waals surface area (Å²) >= 11 is 0. The van der Waals surface area contributed by atoms with Crippen molar-refractivity contribution >= 4 is 11.5 Å². The molecule has 1 aliphatic heterocycles. The molecule has 0 saturated carbocycles. The van der Waals surface area contributed by atoms with Crippen molar-refractivity contribution in [2.24, 2.45) is 0 Å². The van der Waals surface area contributed by atoms with Gasteiger partial charge >= 0.3 is 0 Å². The van der Waals surface area contributed by atoms with Crippen LogP contribution in [0.5, 0.6) is 5.75 Å². The molecule has 0 fully saturated rings. The Morgan fingerprint density at radius 1 is 1.42 bits per heavy atom. The number of carbonyl (C=O) groups is 1. The van der Waals surface area contributed by atoms with Crippen LogP contribution in [0.4, 0.5) is 5.69 Å². The van der Waals surface area contributed by atoms with E-state index in [1.165, 1.54) is 0 Å². The maximum Gasteiger partial charge on any atom is 0.174 e. The molecule has 1 aromatic rings. The van der Waals surface area contributed by atoms with Gasteiger partial charge in [0.15, 0.2) is 5.78 Å². The summed E-state index contributed by atoms with van der Waals surface area (Å²) in [5.74, 6) is 0.886. The number of hydrogen-bond donors (Lipinski definition) is 1. The number of benzene rings is 1. The van der Waals surface area contributed by atoms with Gasteiger partial charge in [-0.25, -0.2) is 0 Å². The highest BCUT2D eigenvalue weighted by atomic mass is 16.5. The monoisotopic (exact) mass is 163 g/mol. The number of anilines is 1. The summed E-state index contributed by atoms with van der Waals surface area (Å²) in [6.45, 7) is 0.191. The molecule has 1 heterocycles. The first-order valence-corrected chi connectivity index (χ1v) is 3.78. The lowest BCUT2D eigenvalue weighted by atomic mass is 10.1. The summed E-state index contributed by atoms with van der Waals surface area (Å²) in [5, 5.41) is 0. The van der Waals surface area contributed by atoms with Gasteiger partial charge in [-0.2, -0.15) is 0 Å². The molecule has 0 bridgehead atoms. The molecule has 0 aliphatic carbocycles. The predicted octanol–water partition coefficient (Wildman–Crippen LogP) is 0.773. The van der Waals surface area contributed by atoms with Crippen LogP contribution < -0.4 is 10.5 Å². The molecule has 0 saturated heterocycles. The van der Waals surface area contributed by atoms with Crippen molar-refractivity contribution in [2.75, 3.05) is 12.3 Å². The van der Waals surface area contributed by atoms with Crippen molar-refractivity contribution in [3.63, 3.8) is 0 Å². The first-order valence-electron chi connectivity index (χ1n) is 3.78. The molecule has 0 amide bonds. The van der Waals surface area contributed by atoms with Crippen LogP contribution >= 0.6 is 0 Å². The molecule has 0 unspecified atom stereocenters. The standard InChI is InChI=1S/C9H9NO2/c10-7-1-2-9-6(3-7)4-8(11)5-12-9/h1-3H,4-5,10H2. The highest BCUT2D eigenvalue weighted by Gasteiger charge is 2.15. The number of hydrogen-bond acceptors (Lipinski definition) is 3. The minimum absolute atomic E-state index is 0.105. The third-order valence-electron chi connectivity index (χ3n) is 1.86. The Morgan fingerprint density at radius 3 is 3.08 bits per heavy atom. The molecule has 0 spiro atoms. The number of ketones is 1. The number of carbonyl (C=O) groups excluding carboxylic acids is 1. The van der Waals surface area contributed by atoms with Gasteiger partial charge in [-0.3, -0.25) is 4.79 Å². The van der Waals surface area contributed by atoms with E-state index in [0.29, 0.717) is 12.1 Å². The summed E-state index contributed by atoms with van der Waals surface area (Å²) in [6, 6.07) is 5.36. The molecule has 2 rings (SSSR count). The molecule has 62 valence electrons. The van der Waals surface area contributed by atoms with E-state index in [0.717, 1.165) is 11.3 Å². The number of Topliss-reactive ketones (excluding diaryl/α,β-unsaturated/α-hetero) is 1. The molecule has 0 atom stereocenters. The zero-order valence-corrected chi connectivity index (χ0v) is 6.54. The van der Waals surface area contributed by atoms with Gasteiger partial charge in [0, 0.05) is 17.7 Å². The Labute approximate surface area is 70.1 Å². The lowest BCUT2D eigenvalue weighted by Gasteiger charge is -2.15. The molecule has 0 radical (unpaired) electrons. The van der Waals surface area contributed by atoms with Crippen LogP contribution in [0.1, 0.15) is 5.56 Å². The van der Waals surface area contributed by atoms with E-state index >= 15 is 0 Å². The second-order valence-electron chi connectivity index (χ2n) is 2.87. The fourth-order valence-corrected chi connectivity index (χ4v) is 1.30. The van der Waals surface area contributed by atoms with E-state index in [4.69, 9.17) is 10.5 Å². The molecule has 1 aromatic carbocycles. The van der Waals surface area contributed by atoms with Crippen LogP contribution in [-0.4, -0.2) is 12.4 Å². The maximum atomic E-state index is 11.0. The lowest BCUT2D eigenvalue weighted by Crippen LogP contribution is -2.20. The molecule has 3 nitrogen and oxygen atoms in total. The van der Waals surface area contributed by atoms with Gasteiger partial charge in [-0.05, 0) is 18.2 Å². The maximum absolute atomic E-state index is 11.0. The van der Waals surface area contributed by atoms with E-state index in [1.807, 2.05) is 0 Å². The Balaban J connectivity index is 2.44. The Morgan fingerprint density at radius 2 is 2.25 bits per heavy atom. The fraction of sp³-hybridized carbons (Fsp3) is 0.222. The second kappa shape index (κ2) is 2.52. The SMILES string of the molecule is Nc1ccc2c(c1)CC(=O)CO2. The van der Waals surface area contributed by atoms with Gasteiger partial charge < -0.3 is 10.5 Å². The molecular formula is C9H9NO2. The second-order valence-corrected chi connectivity index (χ2v) is 2.87. The molecule has 1 aliphatic rings. The van der Waals surface area contributed by atoms with E-state index in [-0.39, 0.29) is 12.4 Å². The Kier molecular flexibility index (Phi) is 1.50. The highest BCUT2D eigenvalue weighted by molar-refractivity contribution is 5.84. The van der Waals surface area contributed by atoms with Crippen LogP contribution in [0.2, 0.25) is 0 Å². The zero-order chi connectivity index (χ0) is 8.55. The summed E-state index contributed by atoms with van der Waals surface area (Å²) in [4.78, 5) is 11.0. The van der Waals surface area contributed by atoms with Crippen molar-refractivity contribution in [3.8, 4) is 5.75 Å². The van der Waals surface area contributed by atoms with E-state index in [1.54, 1.807) is 18.2 Å². The summed E-state index contributed by atoms with van der Waals surface area (Å²) in [7, 11) is 0. The number of ether oxygens (including phenoxy) is 1. The van der Waals surface area contributed by atoms with Gasteiger partial charge in [0.1, 0.15) is 12.4 Å². The highest BCUT2D eigenvalue weighted by Crippen LogP contribution is 2.24. The first-order chi connectivity index (χ1) is 5.75. The quantitative estimate of drug-likeness (QED) is 0.575. The molecular weight excluding hydrogens is 154 g/mol. The van der Waals surface area contributed by atoms with Crippen LogP contribution in [0, 0.1) is 0 Å². The average Bonchev–Trinajstić information content (AvgIpc) is 2.03. The fourth-order valence-electron chi connectivity index (χ4n) is 1.30. The summed E-state index contributed by atoms with van der Waals surface area (Å²) in [6.07, 6.45) is 0.445. The number of rotatable bonds is 0. The van der Waals surface area contributed by atoms with E-state index in [2.05, 4.69) is 0 Å². The lowest BCUT2D eigenvalue weighted by molar-refractivity contribution is -0.121. The van der Waals surface area contributed by atoms with Crippen molar-refractivity contribution in [1.82, 2.24) is 0 Å². The van der Waals surface area contributed by atoms with Gasteiger partial charge in [0.2, 0.25) is 0 Å². The smallest absolute Gasteiger partial charge is 0.174 e. The van der Waals surface area contributed by atoms with Crippen LogP contribution in [0.15, 0.2) is 18.2 Å². The predicted molar refractivity (Wildman–Crippen MR) is 45.1 cm³/mol. The van der Waals surface area contributed by atoms with Crippen LogP contribution in [-0.2, 0) is 11.2 Å². The Hall–Kier alpha value is -1.51. The summed E-state index contributed by atoms with van der Waals surface area (Å²) in [5.41, 5.74) is 7.13. The molecule has 2 N–H and O–H groups in total. The average molecular weight is 163 g/mol. The normalized spacial score (nSPS) is 15.2. The summed E-state index contributed by atoms with van der Waals surface area (Å²) < 4.78 is 5.19. The number of nitrogens with two attached hydrogens (primary N) is 1. The van der Waals surface area contributed by atoms with Gasteiger partial charge in [0.05, 0.1) is 0 Å². The van der Waals surface area contributed by atoms with Gasteiger partial charge in [0.25, 0.3) is 0 Å². The minimum Gasteiger partial charge on any atom is -0.486 e. The van der Waals surface area contributed by atoms with Crippen molar-refractivity contribution in [1.29, 1.82) is 0 Å². The van der Waals surface area contributed by atoms with Crippen LogP contribution in [0.3, 0.4) is 0 Å². The van der Waals surface area contributed by atoms with Crippen LogP contribution in [0.25, 0.3) is 0 Å². The topological polar surface area (TPSA) is 52.3 Å². The van der Waals surface area contributed by atoms with Crippen molar-refractivity contribution in [3.05, 3.63) is 23.8 Å².